The Bertz CT molecular complexity index is 1440. The van der Waals surface area contributed by atoms with Gasteiger partial charge < -0.3 is 25.6 Å². The highest BCUT2D eigenvalue weighted by molar-refractivity contribution is 7.17. The Balaban J connectivity index is 1.74. The number of amides is 3. The van der Waals surface area contributed by atoms with Gasteiger partial charge in [0.25, 0.3) is 11.8 Å². The molecule has 2 heterocycles. The van der Waals surface area contributed by atoms with E-state index in [9.17, 15) is 14.4 Å². The molecule has 1 saturated carbocycles. The van der Waals surface area contributed by atoms with Crippen LogP contribution in [-0.2, 0) is 4.79 Å². The number of ether oxygens (including phenoxy) is 1. The quantitative estimate of drug-likeness (QED) is 0.319. The first kappa shape index (κ1) is 28.2. The van der Waals surface area contributed by atoms with Crippen LogP contribution in [0.15, 0.2) is 24.3 Å². The zero-order valence-electron chi connectivity index (χ0n) is 23.1. The fourth-order valence-electron chi connectivity index (χ4n) is 3.77. The number of hydrogen-bond acceptors (Lipinski definition) is 9. The van der Waals surface area contributed by atoms with Crippen molar-refractivity contribution in [3.8, 4) is 16.3 Å². The Labute approximate surface area is 233 Å². The number of hydrogen-bond donors (Lipinski definition) is 3. The molecule has 1 aliphatic carbocycles. The van der Waals surface area contributed by atoms with Crippen molar-refractivity contribution in [2.24, 2.45) is 5.92 Å². The number of thiazole rings is 1. The lowest BCUT2D eigenvalue weighted by atomic mass is 9.49. The molecule has 3 aromatic rings. The Morgan fingerprint density at radius 2 is 1.85 bits per heavy atom. The Morgan fingerprint density at radius 1 is 1.13 bits per heavy atom. The molecule has 1 aliphatic rings. The third-order valence-electron chi connectivity index (χ3n) is 5.81. The minimum atomic E-state index is -0.503. The highest BCUT2D eigenvalue weighted by atomic mass is 32.1. The van der Waals surface area contributed by atoms with Crippen molar-refractivity contribution in [2.75, 3.05) is 31.8 Å². The molecule has 0 spiro atoms. The molecule has 11 nitrogen and oxygen atoms in total. The second-order valence-electron chi connectivity index (χ2n) is 10.6. The van der Waals surface area contributed by atoms with E-state index in [1.165, 1.54) is 23.3 Å². The predicted octanol–water partition coefficient (Wildman–Crippen LogP) is -0.0486. The number of carbonyl (C=O) groups is 3. The summed E-state index contributed by atoms with van der Waals surface area (Å²) in [6.45, 7) is 1.80. The maximum Gasteiger partial charge on any atom is 0.272 e. The van der Waals surface area contributed by atoms with Crippen molar-refractivity contribution in [1.82, 2.24) is 25.4 Å². The van der Waals surface area contributed by atoms with Gasteiger partial charge >= 0.3 is 0 Å². The van der Waals surface area contributed by atoms with Gasteiger partial charge in [0, 0.05) is 26.1 Å². The van der Waals surface area contributed by atoms with Crippen molar-refractivity contribution < 1.29 is 19.1 Å². The summed E-state index contributed by atoms with van der Waals surface area (Å²) in [5, 5.41) is 17.3. The van der Waals surface area contributed by atoms with Gasteiger partial charge in [0.05, 0.1) is 29.7 Å². The van der Waals surface area contributed by atoms with Crippen LogP contribution in [0, 0.1) is 12.8 Å². The van der Waals surface area contributed by atoms with E-state index < -0.39 is 11.1 Å². The van der Waals surface area contributed by atoms with Crippen LogP contribution in [0.2, 0.25) is 0 Å². The van der Waals surface area contributed by atoms with E-state index >= 15 is 0 Å². The van der Waals surface area contributed by atoms with Gasteiger partial charge in [-0.25, -0.2) is 4.98 Å². The molecule has 0 unspecified atom stereocenters. The third kappa shape index (κ3) is 6.59. The van der Waals surface area contributed by atoms with Crippen LogP contribution in [0.5, 0.6) is 5.75 Å². The highest BCUT2D eigenvalue weighted by Crippen LogP contribution is 2.41. The number of aromatic nitrogens is 3. The van der Waals surface area contributed by atoms with Crippen LogP contribution in [0.4, 0.5) is 17.2 Å². The molecule has 0 saturated heterocycles. The first-order valence-electron chi connectivity index (χ1n) is 12.5. The topological polar surface area (TPSA) is 138 Å². The van der Waals surface area contributed by atoms with Gasteiger partial charge in [-0.05, 0) is 37.1 Å². The van der Waals surface area contributed by atoms with Crippen LogP contribution in [0.3, 0.4) is 0 Å². The van der Waals surface area contributed by atoms with E-state index in [0.717, 1.165) is 12.8 Å². The molecule has 0 atom stereocenters. The number of para-hydroxylation sites is 1. The molecule has 0 bridgehead atoms. The lowest BCUT2D eigenvalue weighted by Crippen LogP contribution is -2.50. The molecule has 39 heavy (non-hydrogen) atoms. The molecule has 200 valence electrons. The number of nitrogens with zero attached hydrogens (tertiary/aromatic N) is 4. The van der Waals surface area contributed by atoms with Gasteiger partial charge in [0.1, 0.15) is 33.4 Å². The van der Waals surface area contributed by atoms with E-state index in [4.69, 9.17) is 4.74 Å². The second kappa shape index (κ2) is 11.1. The summed E-state index contributed by atoms with van der Waals surface area (Å²) < 4.78 is 5.78. The van der Waals surface area contributed by atoms with Gasteiger partial charge in [-0.3, -0.25) is 14.4 Å². The van der Waals surface area contributed by atoms with Crippen molar-refractivity contribution in [2.45, 2.75) is 25.0 Å². The smallest absolute Gasteiger partial charge is 0.272 e. The van der Waals surface area contributed by atoms with E-state index in [0.29, 0.717) is 38.3 Å². The summed E-state index contributed by atoms with van der Waals surface area (Å²) in [5.41, 5.74) is 2.25. The largest absolute Gasteiger partial charge is 0.494 e. The lowest BCUT2D eigenvalue weighted by molar-refractivity contribution is -0.117. The molecule has 0 radical (unpaired) electrons. The highest BCUT2D eigenvalue weighted by Gasteiger charge is 2.30. The van der Waals surface area contributed by atoms with Crippen LogP contribution in [0.1, 0.15) is 38.7 Å². The predicted molar refractivity (Wildman–Crippen MR) is 159 cm³/mol. The lowest BCUT2D eigenvalue weighted by Gasteiger charge is -2.22. The first-order chi connectivity index (χ1) is 18.4. The zero-order chi connectivity index (χ0) is 28.5. The summed E-state index contributed by atoms with van der Waals surface area (Å²) in [5.74, 6) is 0.0217. The van der Waals surface area contributed by atoms with E-state index in [-0.39, 0.29) is 29.2 Å². The molecule has 1 fully saturated rings. The minimum absolute atomic E-state index is 0.0186. The molecular weight excluding hydrogens is 515 g/mol. The van der Waals surface area contributed by atoms with Gasteiger partial charge in [0.15, 0.2) is 17.3 Å². The fraction of sp³-hybridized carbons (Fsp3) is 0.333. The van der Waals surface area contributed by atoms with Crippen LogP contribution in [-0.4, -0.2) is 87.8 Å². The van der Waals surface area contributed by atoms with Crippen molar-refractivity contribution in [3.63, 3.8) is 0 Å². The second-order valence-corrected chi connectivity index (χ2v) is 11.6. The first-order valence-corrected chi connectivity index (χ1v) is 13.3. The van der Waals surface area contributed by atoms with E-state index in [1.54, 1.807) is 33.2 Å². The van der Waals surface area contributed by atoms with Gasteiger partial charge in [-0.2, -0.15) is 0 Å². The van der Waals surface area contributed by atoms with Crippen LogP contribution < -0.4 is 20.7 Å². The number of rotatable bonds is 9. The fourth-order valence-corrected chi connectivity index (χ4v) is 4.88. The standard InChI is InChI=1S/C24H30B3N7O4S/c1-11-19(23(37)34(2)3)39-22(28-11)13-6-5-7-14(18(13)38-4)29-15-10-16(30-20(35)12-8-9-12)32-33-17(15)21(36)31-24(25,26)27/h5-7,10,12H,8-9,25-27H2,1-4H3,(H,31,36)(H2,29,30,32,35). The average molecular weight is 545 g/mol. The molecule has 2 aromatic heterocycles. The zero-order valence-corrected chi connectivity index (χ0v) is 23.9. The average Bonchev–Trinajstić information content (AvgIpc) is 3.64. The minimum Gasteiger partial charge on any atom is -0.494 e. The number of carbonyl (C=O) groups excluding carboxylic acids is 3. The SMILES string of the molecule is BC(B)(B)NC(=O)c1nnc(NC(=O)C2CC2)cc1Nc1cccc(-c2nc(C)c(C(=O)N(C)C)s2)c1OC. The molecule has 3 amide bonds. The Kier molecular flexibility index (Phi) is 8.00. The maximum absolute atomic E-state index is 13.1. The van der Waals surface area contributed by atoms with Gasteiger partial charge in [-0.1, -0.05) is 6.07 Å². The van der Waals surface area contributed by atoms with E-state index in [2.05, 4.69) is 31.1 Å². The Hall–Kier alpha value is -3.87. The number of benzene rings is 1. The number of methoxy groups -OCH3 is 1. The van der Waals surface area contributed by atoms with Gasteiger partial charge in [-0.15, -0.1) is 21.5 Å². The summed E-state index contributed by atoms with van der Waals surface area (Å²) >= 11 is 1.28. The van der Waals surface area contributed by atoms with Crippen LogP contribution in [0.25, 0.3) is 10.6 Å². The maximum atomic E-state index is 13.1. The molecule has 4 rings (SSSR count). The Morgan fingerprint density at radius 3 is 2.46 bits per heavy atom. The number of aryl methyl sites for hydroxylation is 1. The molecule has 3 N–H and O–H groups in total. The number of nitrogens with one attached hydrogen (secondary N) is 3. The van der Waals surface area contributed by atoms with Gasteiger partial charge in [0.2, 0.25) is 5.91 Å². The normalized spacial score (nSPS) is 12.9. The molecule has 15 heteroatoms. The molecule has 1 aromatic carbocycles. The molecular formula is C24H30B3N7O4S. The van der Waals surface area contributed by atoms with Crippen molar-refractivity contribution >= 4 is 69.8 Å². The van der Waals surface area contributed by atoms with Crippen molar-refractivity contribution in [1.29, 1.82) is 0 Å². The molecule has 0 aliphatic heterocycles. The summed E-state index contributed by atoms with van der Waals surface area (Å²) in [4.78, 5) is 44.7. The summed E-state index contributed by atoms with van der Waals surface area (Å²) in [6.07, 6.45) is 1.69. The summed E-state index contributed by atoms with van der Waals surface area (Å²) in [7, 11) is 10.5. The summed E-state index contributed by atoms with van der Waals surface area (Å²) in [6, 6.07) is 7.05. The van der Waals surface area contributed by atoms with Crippen LogP contribution >= 0.6 is 11.3 Å². The van der Waals surface area contributed by atoms with E-state index in [1.807, 2.05) is 35.7 Å². The monoisotopic (exact) mass is 545 g/mol. The third-order valence-corrected chi connectivity index (χ3v) is 6.99. The van der Waals surface area contributed by atoms with Crippen molar-refractivity contribution in [3.05, 3.63) is 40.5 Å². The number of anilines is 3.